The quantitative estimate of drug-likeness (QED) is 0.862. The van der Waals surface area contributed by atoms with Gasteiger partial charge in [0.1, 0.15) is 0 Å². The van der Waals surface area contributed by atoms with Crippen molar-refractivity contribution in [1.82, 2.24) is 10.2 Å². The first-order chi connectivity index (χ1) is 10.4. The number of nitrogens with one attached hydrogen (secondary N) is 1. The molecule has 1 aliphatic carbocycles. The largest absolute Gasteiger partial charge is 0.353 e. The SMILES string of the molecule is CN(C)C(=O)CCCC(=O)N[C@@H]1C[C@@H]1c1cccc(Cl)c1Cl. The summed E-state index contributed by atoms with van der Waals surface area (Å²) in [6.45, 7) is 0. The molecule has 1 fully saturated rings. The molecule has 0 aromatic heterocycles. The van der Waals surface area contributed by atoms with Crippen LogP contribution in [0.5, 0.6) is 0 Å². The van der Waals surface area contributed by atoms with Gasteiger partial charge < -0.3 is 10.2 Å². The molecule has 0 unspecified atom stereocenters. The summed E-state index contributed by atoms with van der Waals surface area (Å²) < 4.78 is 0. The maximum Gasteiger partial charge on any atom is 0.222 e. The van der Waals surface area contributed by atoms with E-state index in [0.717, 1.165) is 12.0 Å². The van der Waals surface area contributed by atoms with Crippen LogP contribution in [-0.2, 0) is 9.59 Å². The number of halogens is 2. The van der Waals surface area contributed by atoms with Crippen molar-refractivity contribution in [3.8, 4) is 0 Å². The van der Waals surface area contributed by atoms with Gasteiger partial charge in [-0.2, -0.15) is 0 Å². The second-order valence-electron chi connectivity index (χ2n) is 5.80. The monoisotopic (exact) mass is 342 g/mol. The Morgan fingerprint density at radius 3 is 2.68 bits per heavy atom. The predicted molar refractivity (Wildman–Crippen MR) is 88.3 cm³/mol. The van der Waals surface area contributed by atoms with E-state index in [0.29, 0.717) is 29.3 Å². The van der Waals surface area contributed by atoms with Crippen LogP contribution in [0.4, 0.5) is 0 Å². The van der Waals surface area contributed by atoms with Gasteiger partial charge in [0.2, 0.25) is 11.8 Å². The fourth-order valence-corrected chi connectivity index (χ4v) is 2.86. The van der Waals surface area contributed by atoms with Gasteiger partial charge in [0, 0.05) is 38.9 Å². The smallest absolute Gasteiger partial charge is 0.222 e. The van der Waals surface area contributed by atoms with E-state index in [4.69, 9.17) is 23.2 Å². The molecule has 2 rings (SSSR count). The highest BCUT2D eigenvalue weighted by Gasteiger charge is 2.40. The molecule has 0 heterocycles. The number of amides is 2. The summed E-state index contributed by atoms with van der Waals surface area (Å²) in [5.41, 5.74) is 0.988. The molecular formula is C16H20Cl2N2O2. The summed E-state index contributed by atoms with van der Waals surface area (Å²) in [5, 5.41) is 4.10. The second kappa shape index (κ2) is 7.34. The maximum atomic E-state index is 11.9. The Morgan fingerprint density at radius 2 is 2.00 bits per heavy atom. The normalized spacial score (nSPS) is 19.6. The molecule has 6 heteroatoms. The molecule has 1 aromatic rings. The Morgan fingerprint density at radius 1 is 1.27 bits per heavy atom. The lowest BCUT2D eigenvalue weighted by molar-refractivity contribution is -0.129. The molecule has 0 bridgehead atoms. The van der Waals surface area contributed by atoms with Gasteiger partial charge in [-0.25, -0.2) is 0 Å². The van der Waals surface area contributed by atoms with Gasteiger partial charge in [-0.3, -0.25) is 9.59 Å². The molecule has 2 atom stereocenters. The first-order valence-corrected chi connectivity index (χ1v) is 8.09. The number of benzene rings is 1. The Labute approximate surface area is 140 Å². The van der Waals surface area contributed by atoms with Crippen LogP contribution < -0.4 is 5.32 Å². The average molecular weight is 343 g/mol. The van der Waals surface area contributed by atoms with E-state index in [1.807, 2.05) is 12.1 Å². The molecule has 22 heavy (non-hydrogen) atoms. The van der Waals surface area contributed by atoms with Crippen molar-refractivity contribution in [2.24, 2.45) is 0 Å². The van der Waals surface area contributed by atoms with E-state index in [1.54, 1.807) is 20.2 Å². The third-order valence-electron chi connectivity index (χ3n) is 3.81. The molecule has 0 radical (unpaired) electrons. The lowest BCUT2D eigenvalue weighted by Gasteiger charge is -2.10. The number of carbonyl (C=O) groups is 2. The van der Waals surface area contributed by atoms with Crippen molar-refractivity contribution in [3.05, 3.63) is 33.8 Å². The zero-order valence-corrected chi connectivity index (χ0v) is 14.2. The van der Waals surface area contributed by atoms with Crippen molar-refractivity contribution < 1.29 is 9.59 Å². The molecule has 1 aromatic carbocycles. The van der Waals surface area contributed by atoms with Crippen LogP contribution in [0.25, 0.3) is 0 Å². The Bertz CT molecular complexity index is 575. The molecule has 1 saturated carbocycles. The summed E-state index contributed by atoms with van der Waals surface area (Å²) >= 11 is 12.2. The average Bonchev–Trinajstić information content (AvgIpc) is 3.20. The molecule has 120 valence electrons. The van der Waals surface area contributed by atoms with E-state index in [2.05, 4.69) is 5.32 Å². The predicted octanol–water partition coefficient (Wildman–Crippen LogP) is 3.22. The van der Waals surface area contributed by atoms with Crippen molar-refractivity contribution in [2.75, 3.05) is 14.1 Å². The highest BCUT2D eigenvalue weighted by Crippen LogP contribution is 2.45. The highest BCUT2D eigenvalue weighted by molar-refractivity contribution is 6.42. The van der Waals surface area contributed by atoms with Gasteiger partial charge in [-0.1, -0.05) is 35.3 Å². The molecule has 1 N–H and O–H groups in total. The number of hydrogen-bond acceptors (Lipinski definition) is 2. The van der Waals surface area contributed by atoms with Crippen LogP contribution in [0.2, 0.25) is 10.0 Å². The Balaban J connectivity index is 1.76. The van der Waals surface area contributed by atoms with E-state index in [-0.39, 0.29) is 23.8 Å². The van der Waals surface area contributed by atoms with Crippen LogP contribution in [0.15, 0.2) is 18.2 Å². The molecule has 2 amide bonds. The van der Waals surface area contributed by atoms with Gasteiger partial charge in [0.15, 0.2) is 0 Å². The van der Waals surface area contributed by atoms with Crippen LogP contribution in [0.3, 0.4) is 0 Å². The van der Waals surface area contributed by atoms with Gasteiger partial charge >= 0.3 is 0 Å². The standard InChI is InChI=1S/C16H20Cl2N2O2/c1-20(2)15(22)8-4-7-14(21)19-13-9-11(13)10-5-3-6-12(17)16(10)18/h3,5-6,11,13H,4,7-9H2,1-2H3,(H,19,21)/t11-,13-/m1/s1. The van der Waals surface area contributed by atoms with E-state index in [9.17, 15) is 9.59 Å². The summed E-state index contributed by atoms with van der Waals surface area (Å²) in [7, 11) is 3.43. The zero-order chi connectivity index (χ0) is 16.3. The van der Waals surface area contributed by atoms with Crippen molar-refractivity contribution in [2.45, 2.75) is 37.6 Å². The molecular weight excluding hydrogens is 323 g/mol. The van der Waals surface area contributed by atoms with Crippen molar-refractivity contribution in [3.63, 3.8) is 0 Å². The summed E-state index contributed by atoms with van der Waals surface area (Å²) in [6.07, 6.45) is 2.21. The summed E-state index contributed by atoms with van der Waals surface area (Å²) in [5.74, 6) is 0.263. The van der Waals surface area contributed by atoms with E-state index < -0.39 is 0 Å². The summed E-state index contributed by atoms with van der Waals surface area (Å²) in [4.78, 5) is 24.8. The fourth-order valence-electron chi connectivity index (χ4n) is 2.41. The minimum absolute atomic E-state index is 0.0165. The lowest BCUT2D eigenvalue weighted by atomic mass is 10.1. The van der Waals surface area contributed by atoms with Crippen LogP contribution >= 0.6 is 23.2 Å². The van der Waals surface area contributed by atoms with Crippen molar-refractivity contribution in [1.29, 1.82) is 0 Å². The highest BCUT2D eigenvalue weighted by atomic mass is 35.5. The Kier molecular flexibility index (Phi) is 5.70. The van der Waals surface area contributed by atoms with Gasteiger partial charge in [0.25, 0.3) is 0 Å². The number of rotatable bonds is 6. The third kappa shape index (κ3) is 4.37. The molecule has 0 aliphatic heterocycles. The zero-order valence-electron chi connectivity index (χ0n) is 12.7. The second-order valence-corrected chi connectivity index (χ2v) is 6.59. The van der Waals surface area contributed by atoms with Crippen LogP contribution in [0.1, 0.15) is 37.2 Å². The number of hydrogen-bond donors (Lipinski definition) is 1. The van der Waals surface area contributed by atoms with E-state index >= 15 is 0 Å². The minimum Gasteiger partial charge on any atom is -0.353 e. The summed E-state index contributed by atoms with van der Waals surface area (Å²) in [6, 6.07) is 5.69. The molecule has 1 aliphatic rings. The van der Waals surface area contributed by atoms with Crippen LogP contribution in [-0.4, -0.2) is 36.9 Å². The first-order valence-electron chi connectivity index (χ1n) is 7.33. The lowest BCUT2D eigenvalue weighted by Crippen LogP contribution is -2.27. The topological polar surface area (TPSA) is 49.4 Å². The molecule has 0 spiro atoms. The van der Waals surface area contributed by atoms with Crippen molar-refractivity contribution >= 4 is 35.0 Å². The molecule has 4 nitrogen and oxygen atoms in total. The molecule has 0 saturated heterocycles. The maximum absolute atomic E-state index is 11.9. The fraction of sp³-hybridized carbons (Fsp3) is 0.500. The van der Waals surface area contributed by atoms with Gasteiger partial charge in [-0.05, 0) is 24.5 Å². The first kappa shape index (κ1) is 17.1. The third-order valence-corrected chi connectivity index (χ3v) is 4.64. The van der Waals surface area contributed by atoms with Gasteiger partial charge in [0.05, 0.1) is 10.0 Å². The number of nitrogens with zero attached hydrogens (tertiary/aromatic N) is 1. The Hall–Kier alpha value is -1.26. The van der Waals surface area contributed by atoms with E-state index in [1.165, 1.54) is 4.90 Å². The van der Waals surface area contributed by atoms with Gasteiger partial charge in [-0.15, -0.1) is 0 Å². The minimum atomic E-state index is -0.0165. The van der Waals surface area contributed by atoms with Crippen LogP contribution in [0, 0.1) is 0 Å². The number of carbonyl (C=O) groups excluding carboxylic acids is 2.